The Bertz CT molecular complexity index is 1110. The van der Waals surface area contributed by atoms with E-state index in [1.165, 1.54) is 11.8 Å². The fraction of sp³-hybridized carbons (Fsp3) is 0.0833. The zero-order chi connectivity index (χ0) is 20.9. The summed E-state index contributed by atoms with van der Waals surface area (Å²) in [6.45, 7) is 0.377. The molecule has 3 aromatic rings. The minimum atomic E-state index is -0.115. The van der Waals surface area contributed by atoms with Crippen LogP contribution in [0, 0.1) is 0 Å². The van der Waals surface area contributed by atoms with Crippen molar-refractivity contribution >= 4 is 46.2 Å². The molecule has 0 unspecified atom stereocenters. The van der Waals surface area contributed by atoms with Gasteiger partial charge in [-0.2, -0.15) is 0 Å². The van der Waals surface area contributed by atoms with Crippen molar-refractivity contribution in [1.29, 1.82) is 0 Å². The molecule has 0 spiro atoms. The van der Waals surface area contributed by atoms with E-state index in [1.54, 1.807) is 4.90 Å². The lowest BCUT2D eigenvalue weighted by Crippen LogP contribution is -2.28. The second-order valence-electron chi connectivity index (χ2n) is 6.68. The summed E-state index contributed by atoms with van der Waals surface area (Å²) in [4.78, 5) is 20.1. The van der Waals surface area contributed by atoms with Crippen LogP contribution in [0.1, 0.15) is 16.7 Å². The monoisotopic (exact) mass is 434 g/mol. The molecule has 0 aromatic heterocycles. The first-order chi connectivity index (χ1) is 14.7. The van der Waals surface area contributed by atoms with Crippen LogP contribution in [0.2, 0.25) is 5.02 Å². The maximum Gasteiger partial charge on any atom is 0.271 e. The number of aliphatic imine (C=N–C) groups is 1. The summed E-state index contributed by atoms with van der Waals surface area (Å²) in [5, 5.41) is 10.5. The van der Waals surface area contributed by atoms with Gasteiger partial charge in [-0.3, -0.25) is 14.7 Å². The van der Waals surface area contributed by atoms with Gasteiger partial charge in [-0.1, -0.05) is 72.3 Å². The minimum absolute atomic E-state index is 0.00876. The van der Waals surface area contributed by atoms with Gasteiger partial charge in [0.25, 0.3) is 5.91 Å². The fourth-order valence-corrected chi connectivity index (χ4v) is 4.21. The van der Waals surface area contributed by atoms with Gasteiger partial charge in [-0.15, -0.1) is 0 Å². The Morgan fingerprint density at radius 1 is 0.967 bits per heavy atom. The molecule has 0 radical (unpaired) electrons. The van der Waals surface area contributed by atoms with Crippen LogP contribution >= 0.6 is 23.4 Å². The molecule has 0 atom stereocenters. The highest BCUT2D eigenvalue weighted by atomic mass is 35.5. The number of anilines is 1. The van der Waals surface area contributed by atoms with E-state index < -0.39 is 0 Å². The Hall–Kier alpha value is -2.86. The summed E-state index contributed by atoms with van der Waals surface area (Å²) in [5.41, 5.74) is 3.40. The number of hydrogen-bond acceptors (Lipinski definition) is 4. The van der Waals surface area contributed by atoms with Gasteiger partial charge in [0.2, 0.25) is 0 Å². The van der Waals surface area contributed by atoms with E-state index in [0.717, 1.165) is 22.4 Å². The third kappa shape index (κ3) is 4.49. The van der Waals surface area contributed by atoms with Crippen LogP contribution in [0.5, 0.6) is 0 Å². The molecule has 1 aliphatic rings. The number of benzene rings is 3. The Morgan fingerprint density at radius 2 is 1.67 bits per heavy atom. The van der Waals surface area contributed by atoms with E-state index in [-0.39, 0.29) is 12.5 Å². The first-order valence-corrected chi connectivity index (χ1v) is 10.6. The molecule has 6 heteroatoms. The van der Waals surface area contributed by atoms with Gasteiger partial charge < -0.3 is 5.11 Å². The first kappa shape index (κ1) is 20.4. The number of amides is 1. The van der Waals surface area contributed by atoms with Gasteiger partial charge in [0.05, 0.1) is 23.7 Å². The fourth-order valence-electron chi connectivity index (χ4n) is 3.03. The second-order valence-corrected chi connectivity index (χ2v) is 8.09. The normalized spacial score (nSPS) is 16.6. The summed E-state index contributed by atoms with van der Waals surface area (Å²) in [6.07, 6.45) is 1.85. The van der Waals surface area contributed by atoms with Crippen LogP contribution in [0.15, 0.2) is 88.8 Å². The quantitative estimate of drug-likeness (QED) is 0.539. The Balaban J connectivity index is 1.68. The molecule has 150 valence electrons. The Kier molecular flexibility index (Phi) is 6.33. The van der Waals surface area contributed by atoms with Crippen LogP contribution in [0.3, 0.4) is 0 Å². The highest BCUT2D eigenvalue weighted by Gasteiger charge is 2.34. The van der Waals surface area contributed by atoms with E-state index in [4.69, 9.17) is 16.6 Å². The molecule has 0 bridgehead atoms. The second kappa shape index (κ2) is 9.30. The molecule has 0 saturated carbocycles. The predicted molar refractivity (Wildman–Crippen MR) is 124 cm³/mol. The van der Waals surface area contributed by atoms with Crippen molar-refractivity contribution in [3.8, 4) is 0 Å². The van der Waals surface area contributed by atoms with Gasteiger partial charge in [0.15, 0.2) is 5.17 Å². The summed E-state index contributed by atoms with van der Waals surface area (Å²) >= 11 is 7.61. The van der Waals surface area contributed by atoms with Gasteiger partial charge >= 0.3 is 0 Å². The number of carbonyl (C=O) groups is 1. The van der Waals surface area contributed by atoms with Crippen molar-refractivity contribution in [3.63, 3.8) is 0 Å². The predicted octanol–water partition coefficient (Wildman–Crippen LogP) is 5.51. The van der Waals surface area contributed by atoms with Crippen molar-refractivity contribution in [2.75, 3.05) is 4.90 Å². The van der Waals surface area contributed by atoms with Crippen molar-refractivity contribution in [2.24, 2.45) is 4.99 Å². The van der Waals surface area contributed by atoms with E-state index >= 15 is 0 Å². The average molecular weight is 435 g/mol. The number of aliphatic hydroxyl groups excluding tert-OH is 1. The summed E-state index contributed by atoms with van der Waals surface area (Å²) in [5.74, 6) is -0.115. The molecule has 1 saturated heterocycles. The molecule has 1 aliphatic heterocycles. The van der Waals surface area contributed by atoms with Crippen LogP contribution in [0.25, 0.3) is 6.08 Å². The summed E-state index contributed by atoms with van der Waals surface area (Å²) in [6, 6.07) is 24.5. The maximum absolute atomic E-state index is 13.2. The molecular formula is C24H19ClN2O2S. The van der Waals surface area contributed by atoms with Gasteiger partial charge in [0, 0.05) is 5.02 Å². The molecule has 4 rings (SSSR count). The third-order valence-corrected chi connectivity index (χ3v) is 6.00. The SMILES string of the molecule is O=C1/C(=C/c2ccc(CO)cc2)SC(=NCc2ccccc2Cl)N1c1ccccc1. The molecule has 1 heterocycles. The number of aliphatic hydroxyl groups is 1. The number of rotatable bonds is 5. The molecule has 3 aromatic carbocycles. The highest BCUT2D eigenvalue weighted by Crippen LogP contribution is 2.36. The smallest absolute Gasteiger partial charge is 0.271 e. The number of carbonyl (C=O) groups excluding carboxylic acids is 1. The highest BCUT2D eigenvalue weighted by molar-refractivity contribution is 8.19. The first-order valence-electron chi connectivity index (χ1n) is 9.42. The molecule has 1 N–H and O–H groups in total. The lowest BCUT2D eigenvalue weighted by atomic mass is 10.1. The van der Waals surface area contributed by atoms with Crippen LogP contribution in [-0.4, -0.2) is 16.2 Å². The number of hydrogen-bond donors (Lipinski definition) is 1. The van der Waals surface area contributed by atoms with Crippen molar-refractivity contribution < 1.29 is 9.90 Å². The van der Waals surface area contributed by atoms with Crippen LogP contribution < -0.4 is 4.90 Å². The number of nitrogens with zero attached hydrogens (tertiary/aromatic N) is 2. The topological polar surface area (TPSA) is 52.9 Å². The summed E-state index contributed by atoms with van der Waals surface area (Å²) in [7, 11) is 0. The molecule has 1 fully saturated rings. The van der Waals surface area contributed by atoms with Gasteiger partial charge in [-0.05, 0) is 52.7 Å². The average Bonchev–Trinajstić information content (AvgIpc) is 3.09. The van der Waals surface area contributed by atoms with E-state index in [9.17, 15) is 9.90 Å². The van der Waals surface area contributed by atoms with Gasteiger partial charge in [-0.25, -0.2) is 0 Å². The van der Waals surface area contributed by atoms with E-state index in [2.05, 4.69) is 0 Å². The van der Waals surface area contributed by atoms with Gasteiger partial charge in [0.1, 0.15) is 0 Å². The summed E-state index contributed by atoms with van der Waals surface area (Å²) < 4.78 is 0. The molecular weight excluding hydrogens is 416 g/mol. The third-order valence-electron chi connectivity index (χ3n) is 4.62. The maximum atomic E-state index is 13.2. The lowest BCUT2D eigenvalue weighted by Gasteiger charge is -2.15. The van der Waals surface area contributed by atoms with Crippen LogP contribution in [0.4, 0.5) is 5.69 Å². The number of amidine groups is 1. The standard InChI is InChI=1S/C24H19ClN2O2S/c25-21-9-5-4-6-19(21)15-26-24-27(20-7-2-1-3-8-20)23(29)22(30-24)14-17-10-12-18(16-28)13-11-17/h1-14,28H,15-16H2/b22-14-,26-24?. The van der Waals surface area contributed by atoms with E-state index in [1.807, 2.05) is 84.9 Å². The lowest BCUT2D eigenvalue weighted by molar-refractivity contribution is -0.113. The van der Waals surface area contributed by atoms with Crippen molar-refractivity contribution in [3.05, 3.63) is 105 Å². The zero-order valence-electron chi connectivity index (χ0n) is 16.0. The van der Waals surface area contributed by atoms with Crippen molar-refractivity contribution in [2.45, 2.75) is 13.2 Å². The zero-order valence-corrected chi connectivity index (χ0v) is 17.6. The molecule has 4 nitrogen and oxygen atoms in total. The Labute approximate surface area is 184 Å². The van der Waals surface area contributed by atoms with Crippen LogP contribution in [-0.2, 0) is 17.9 Å². The number of thioether (sulfide) groups is 1. The number of para-hydroxylation sites is 1. The largest absolute Gasteiger partial charge is 0.392 e. The van der Waals surface area contributed by atoms with Crippen molar-refractivity contribution in [1.82, 2.24) is 0 Å². The van der Waals surface area contributed by atoms with E-state index in [0.29, 0.717) is 21.6 Å². The molecule has 1 amide bonds. The molecule has 0 aliphatic carbocycles. The molecule has 30 heavy (non-hydrogen) atoms. The minimum Gasteiger partial charge on any atom is -0.392 e. The Morgan fingerprint density at radius 3 is 2.37 bits per heavy atom. The number of halogens is 1.